The molecule has 2 unspecified atom stereocenters. The summed E-state index contributed by atoms with van der Waals surface area (Å²) >= 11 is 1.52. The van der Waals surface area contributed by atoms with Crippen LogP contribution in [0.1, 0.15) is 25.0 Å². The third kappa shape index (κ3) is 5.48. The quantitative estimate of drug-likeness (QED) is 0.704. The number of carbonyl (C=O) groups is 1. The lowest BCUT2D eigenvalue weighted by atomic mass is 10.2. The Morgan fingerprint density at radius 3 is 3.00 bits per heavy atom. The van der Waals surface area contributed by atoms with Gasteiger partial charge in [0.1, 0.15) is 0 Å². The summed E-state index contributed by atoms with van der Waals surface area (Å²) in [6.07, 6.45) is 0.105. The molecule has 3 N–H and O–H groups in total. The minimum absolute atomic E-state index is 0.0447. The van der Waals surface area contributed by atoms with Gasteiger partial charge in [-0.2, -0.15) is 11.3 Å². The number of hydrogen-bond acceptors (Lipinski definition) is 4. The largest absolute Gasteiger partial charge is 0.387 e. The second-order valence-corrected chi connectivity index (χ2v) is 4.89. The van der Waals surface area contributed by atoms with Crippen molar-refractivity contribution in [2.45, 2.75) is 25.5 Å². The van der Waals surface area contributed by atoms with Gasteiger partial charge in [-0.15, -0.1) is 0 Å². The lowest BCUT2D eigenvalue weighted by Gasteiger charge is -2.15. The number of carbonyl (C=O) groups excluding carboxylic acids is 1. The summed E-state index contributed by atoms with van der Waals surface area (Å²) in [4.78, 5) is 11.5. The van der Waals surface area contributed by atoms with Crippen LogP contribution in [0.15, 0.2) is 16.8 Å². The van der Waals surface area contributed by atoms with Gasteiger partial charge in [-0.05, 0) is 35.7 Å². The second-order valence-electron chi connectivity index (χ2n) is 4.11. The molecule has 0 aliphatic carbocycles. The summed E-state index contributed by atoms with van der Waals surface area (Å²) < 4.78 is 4.93. The summed E-state index contributed by atoms with van der Waals surface area (Å²) in [6.45, 7) is 2.73. The van der Waals surface area contributed by atoms with Gasteiger partial charge >= 0.3 is 6.03 Å². The van der Waals surface area contributed by atoms with Gasteiger partial charge in [0.2, 0.25) is 0 Å². The van der Waals surface area contributed by atoms with Crippen LogP contribution in [-0.2, 0) is 4.74 Å². The van der Waals surface area contributed by atoms with Crippen LogP contribution in [0.3, 0.4) is 0 Å². The van der Waals surface area contributed by atoms with Crippen molar-refractivity contribution < 1.29 is 14.6 Å². The third-order valence-corrected chi connectivity index (χ3v) is 3.22. The van der Waals surface area contributed by atoms with Crippen molar-refractivity contribution in [1.82, 2.24) is 10.6 Å². The lowest BCUT2D eigenvalue weighted by molar-refractivity contribution is 0.170. The molecule has 1 rings (SSSR count). The summed E-state index contributed by atoms with van der Waals surface area (Å²) in [5.41, 5.74) is 0.827. The van der Waals surface area contributed by atoms with E-state index in [2.05, 4.69) is 10.6 Å². The molecule has 0 radical (unpaired) electrons. The van der Waals surface area contributed by atoms with Crippen molar-refractivity contribution in [2.75, 3.05) is 20.3 Å². The molecule has 0 aliphatic heterocycles. The first kappa shape index (κ1) is 14.9. The highest BCUT2D eigenvalue weighted by atomic mass is 32.1. The van der Waals surface area contributed by atoms with Gasteiger partial charge in [0.25, 0.3) is 0 Å². The lowest BCUT2D eigenvalue weighted by Crippen LogP contribution is -2.42. The number of thiophene rings is 1. The summed E-state index contributed by atoms with van der Waals surface area (Å²) in [7, 11) is 1.63. The monoisotopic (exact) mass is 272 g/mol. The average molecular weight is 272 g/mol. The van der Waals surface area contributed by atoms with E-state index in [0.717, 1.165) is 12.0 Å². The molecule has 6 heteroatoms. The molecule has 1 aromatic heterocycles. The van der Waals surface area contributed by atoms with E-state index >= 15 is 0 Å². The molecule has 2 amide bonds. The fraction of sp³-hybridized carbons (Fsp3) is 0.583. The Bertz CT molecular complexity index is 343. The van der Waals surface area contributed by atoms with E-state index in [1.165, 1.54) is 11.3 Å². The highest BCUT2D eigenvalue weighted by Gasteiger charge is 2.11. The molecular weight excluding hydrogens is 252 g/mol. The normalized spacial score (nSPS) is 13.9. The van der Waals surface area contributed by atoms with E-state index in [1.807, 2.05) is 23.8 Å². The molecule has 0 saturated heterocycles. The molecule has 0 fully saturated rings. The van der Waals surface area contributed by atoms with Crippen LogP contribution < -0.4 is 10.6 Å². The Morgan fingerprint density at radius 2 is 2.39 bits per heavy atom. The maximum atomic E-state index is 11.5. The highest BCUT2D eigenvalue weighted by Crippen LogP contribution is 2.14. The molecule has 0 saturated carbocycles. The number of urea groups is 1. The fourth-order valence-electron chi connectivity index (χ4n) is 1.41. The number of amides is 2. The Morgan fingerprint density at radius 1 is 1.61 bits per heavy atom. The minimum Gasteiger partial charge on any atom is -0.387 e. The number of hydrogen-bond donors (Lipinski definition) is 3. The van der Waals surface area contributed by atoms with E-state index in [-0.39, 0.29) is 18.6 Å². The van der Waals surface area contributed by atoms with Gasteiger partial charge < -0.3 is 20.5 Å². The number of aliphatic hydroxyl groups excluding tert-OH is 1. The van der Waals surface area contributed by atoms with Crippen LogP contribution >= 0.6 is 11.3 Å². The zero-order chi connectivity index (χ0) is 13.4. The van der Waals surface area contributed by atoms with Gasteiger partial charge in [0.15, 0.2) is 0 Å². The van der Waals surface area contributed by atoms with Crippen LogP contribution in [0.25, 0.3) is 0 Å². The highest BCUT2D eigenvalue weighted by molar-refractivity contribution is 7.07. The average Bonchev–Trinajstić information content (AvgIpc) is 2.87. The van der Waals surface area contributed by atoms with Crippen LogP contribution in [0.5, 0.6) is 0 Å². The van der Waals surface area contributed by atoms with Gasteiger partial charge in [-0.3, -0.25) is 0 Å². The third-order valence-electron chi connectivity index (χ3n) is 2.52. The summed E-state index contributed by atoms with van der Waals surface area (Å²) in [5, 5.41) is 19.0. The van der Waals surface area contributed by atoms with Crippen molar-refractivity contribution in [3.63, 3.8) is 0 Å². The standard InChI is InChI=1S/C12H20N2O3S/c1-9(3-5-17-2)14-12(16)13-7-11(15)10-4-6-18-8-10/h4,6,8-9,11,15H,3,5,7H2,1-2H3,(H2,13,14,16). The summed E-state index contributed by atoms with van der Waals surface area (Å²) in [5.74, 6) is 0. The maximum Gasteiger partial charge on any atom is 0.315 e. The van der Waals surface area contributed by atoms with E-state index in [1.54, 1.807) is 7.11 Å². The molecule has 0 spiro atoms. The first-order valence-corrected chi connectivity index (χ1v) is 6.81. The SMILES string of the molecule is COCCC(C)NC(=O)NCC(O)c1ccsc1. The topological polar surface area (TPSA) is 70.6 Å². The number of methoxy groups -OCH3 is 1. The van der Waals surface area contributed by atoms with E-state index in [4.69, 9.17) is 4.74 Å². The zero-order valence-corrected chi connectivity index (χ0v) is 11.5. The molecule has 2 atom stereocenters. The predicted octanol–water partition coefficient (Wildman–Crippen LogP) is 1.51. The molecule has 1 heterocycles. The fourth-order valence-corrected chi connectivity index (χ4v) is 2.12. The maximum absolute atomic E-state index is 11.5. The van der Waals surface area contributed by atoms with Crippen LogP contribution in [0.2, 0.25) is 0 Å². The predicted molar refractivity (Wildman–Crippen MR) is 71.8 cm³/mol. The molecule has 102 valence electrons. The van der Waals surface area contributed by atoms with E-state index in [0.29, 0.717) is 6.61 Å². The van der Waals surface area contributed by atoms with Gasteiger partial charge in [0, 0.05) is 26.3 Å². The number of aliphatic hydroxyl groups is 1. The Hall–Kier alpha value is -1.11. The summed E-state index contributed by atoms with van der Waals surface area (Å²) in [6, 6.07) is 1.62. The molecular formula is C12H20N2O3S. The van der Waals surface area contributed by atoms with Crippen molar-refractivity contribution in [3.05, 3.63) is 22.4 Å². The van der Waals surface area contributed by atoms with Gasteiger partial charge in [-0.25, -0.2) is 4.79 Å². The van der Waals surface area contributed by atoms with Crippen molar-refractivity contribution >= 4 is 17.4 Å². The van der Waals surface area contributed by atoms with Gasteiger partial charge in [0.05, 0.1) is 6.10 Å². The van der Waals surface area contributed by atoms with E-state index in [9.17, 15) is 9.90 Å². The molecule has 1 aromatic rings. The first-order chi connectivity index (χ1) is 8.63. The molecule has 0 bridgehead atoms. The molecule has 0 aliphatic rings. The van der Waals surface area contributed by atoms with Crippen LogP contribution in [0, 0.1) is 0 Å². The first-order valence-electron chi connectivity index (χ1n) is 5.87. The molecule has 5 nitrogen and oxygen atoms in total. The number of rotatable bonds is 7. The Labute approximate surface area is 111 Å². The number of nitrogens with one attached hydrogen (secondary N) is 2. The zero-order valence-electron chi connectivity index (χ0n) is 10.7. The smallest absolute Gasteiger partial charge is 0.315 e. The van der Waals surface area contributed by atoms with Crippen LogP contribution in [-0.4, -0.2) is 37.4 Å². The minimum atomic E-state index is -0.656. The van der Waals surface area contributed by atoms with E-state index < -0.39 is 6.10 Å². The molecule has 0 aromatic carbocycles. The van der Waals surface area contributed by atoms with Crippen molar-refractivity contribution in [1.29, 1.82) is 0 Å². The Balaban J connectivity index is 2.20. The van der Waals surface area contributed by atoms with Crippen LogP contribution in [0.4, 0.5) is 4.79 Å². The second kappa shape index (κ2) is 8.07. The number of ether oxygens (including phenoxy) is 1. The Kier molecular flexibility index (Phi) is 6.70. The van der Waals surface area contributed by atoms with Crippen molar-refractivity contribution in [3.8, 4) is 0 Å². The van der Waals surface area contributed by atoms with Crippen molar-refractivity contribution in [2.24, 2.45) is 0 Å². The van der Waals surface area contributed by atoms with Gasteiger partial charge in [-0.1, -0.05) is 0 Å². The molecule has 18 heavy (non-hydrogen) atoms.